The van der Waals surface area contributed by atoms with Crippen molar-refractivity contribution in [3.8, 4) is 5.75 Å². The normalized spacial score (nSPS) is 19.2. The summed E-state index contributed by atoms with van der Waals surface area (Å²) in [4.78, 5) is 12.9. The third-order valence-corrected chi connectivity index (χ3v) is 7.52. The number of nitrogens with two attached hydrogens (primary N) is 1. The maximum Gasteiger partial charge on any atom is 0.243 e. The van der Waals surface area contributed by atoms with Crippen molar-refractivity contribution >= 4 is 15.9 Å². The molecule has 1 amide bonds. The number of carbonyl (C=O) groups is 1. The van der Waals surface area contributed by atoms with E-state index in [2.05, 4.69) is 5.32 Å². The Morgan fingerprint density at radius 1 is 1.06 bits per heavy atom. The van der Waals surface area contributed by atoms with E-state index in [1.165, 1.54) is 4.31 Å². The molecular formula is C23H31N3O4S. The first-order valence-electron chi connectivity index (χ1n) is 10.6. The lowest BCUT2D eigenvalue weighted by atomic mass is 9.92. The van der Waals surface area contributed by atoms with Gasteiger partial charge in [0.25, 0.3) is 0 Å². The predicted octanol–water partition coefficient (Wildman–Crippen LogP) is 2.31. The highest BCUT2D eigenvalue weighted by atomic mass is 32.2. The van der Waals surface area contributed by atoms with Crippen LogP contribution < -0.4 is 15.8 Å². The molecule has 0 bridgehead atoms. The van der Waals surface area contributed by atoms with Crippen LogP contribution in [0, 0.1) is 0 Å². The van der Waals surface area contributed by atoms with E-state index >= 15 is 0 Å². The summed E-state index contributed by atoms with van der Waals surface area (Å²) in [6.07, 6.45) is 3.80. The van der Waals surface area contributed by atoms with E-state index < -0.39 is 10.0 Å². The van der Waals surface area contributed by atoms with Gasteiger partial charge in [-0.05, 0) is 55.9 Å². The number of nitrogens with one attached hydrogen (secondary N) is 1. The van der Waals surface area contributed by atoms with Crippen LogP contribution in [0.5, 0.6) is 5.75 Å². The fourth-order valence-corrected chi connectivity index (χ4v) is 5.30. The second kappa shape index (κ2) is 10.7. The molecule has 3 N–H and O–H groups in total. The molecule has 1 aliphatic rings. The minimum Gasteiger partial charge on any atom is -0.496 e. The Morgan fingerprint density at radius 3 is 2.39 bits per heavy atom. The molecule has 2 aromatic carbocycles. The lowest BCUT2D eigenvalue weighted by molar-refractivity contribution is -0.122. The van der Waals surface area contributed by atoms with Crippen LogP contribution in [0.25, 0.3) is 0 Å². The largest absolute Gasteiger partial charge is 0.496 e. The van der Waals surface area contributed by atoms with Crippen molar-refractivity contribution in [2.75, 3.05) is 20.2 Å². The summed E-state index contributed by atoms with van der Waals surface area (Å²) >= 11 is 0. The summed E-state index contributed by atoms with van der Waals surface area (Å²) in [6, 6.07) is 15.9. The first-order valence-corrected chi connectivity index (χ1v) is 12.1. The molecule has 0 atom stereocenters. The zero-order chi connectivity index (χ0) is 22.3. The number of hydrogen-bond donors (Lipinski definition) is 2. The van der Waals surface area contributed by atoms with Gasteiger partial charge in [-0.3, -0.25) is 4.79 Å². The summed E-state index contributed by atoms with van der Waals surface area (Å²) in [7, 11) is -2.24. The molecule has 7 nitrogen and oxygen atoms in total. The van der Waals surface area contributed by atoms with E-state index in [9.17, 15) is 13.2 Å². The van der Waals surface area contributed by atoms with Crippen LogP contribution in [0.2, 0.25) is 0 Å². The molecule has 3 rings (SSSR count). The molecule has 0 spiro atoms. The molecule has 168 valence electrons. The van der Waals surface area contributed by atoms with Crippen LogP contribution in [-0.2, 0) is 21.2 Å². The van der Waals surface area contributed by atoms with Gasteiger partial charge >= 0.3 is 0 Å². The van der Waals surface area contributed by atoms with Gasteiger partial charge in [-0.25, -0.2) is 8.42 Å². The summed E-state index contributed by atoms with van der Waals surface area (Å²) in [5, 5.41) is 2.99. The van der Waals surface area contributed by atoms with E-state index in [-0.39, 0.29) is 36.0 Å². The van der Waals surface area contributed by atoms with E-state index in [0.717, 1.165) is 31.2 Å². The molecule has 0 unspecified atom stereocenters. The Labute approximate surface area is 184 Å². The average Bonchev–Trinajstić information content (AvgIpc) is 2.79. The Balaban J connectivity index is 1.74. The molecule has 31 heavy (non-hydrogen) atoms. The van der Waals surface area contributed by atoms with Gasteiger partial charge in [0, 0.05) is 18.6 Å². The number of carbonyl (C=O) groups excluding carboxylic acids is 1. The van der Waals surface area contributed by atoms with Crippen molar-refractivity contribution in [3.05, 3.63) is 60.2 Å². The topological polar surface area (TPSA) is 102 Å². The van der Waals surface area contributed by atoms with Crippen LogP contribution >= 0.6 is 0 Å². The van der Waals surface area contributed by atoms with Gasteiger partial charge in [0.15, 0.2) is 0 Å². The fraction of sp³-hybridized carbons (Fsp3) is 0.435. The lowest BCUT2D eigenvalue weighted by Gasteiger charge is -2.28. The second-order valence-corrected chi connectivity index (χ2v) is 9.83. The van der Waals surface area contributed by atoms with Gasteiger partial charge in [-0.1, -0.05) is 36.4 Å². The number of methoxy groups -OCH3 is 1. The smallest absolute Gasteiger partial charge is 0.243 e. The highest BCUT2D eigenvalue weighted by molar-refractivity contribution is 7.89. The Hall–Kier alpha value is -2.42. The van der Waals surface area contributed by atoms with Crippen molar-refractivity contribution in [2.45, 2.75) is 49.1 Å². The molecule has 0 aliphatic heterocycles. The first-order chi connectivity index (χ1) is 14.9. The van der Waals surface area contributed by atoms with Gasteiger partial charge < -0.3 is 15.8 Å². The minimum atomic E-state index is -3.82. The average molecular weight is 446 g/mol. The van der Waals surface area contributed by atoms with Crippen LogP contribution in [0.1, 0.15) is 31.2 Å². The lowest BCUT2D eigenvalue weighted by Crippen LogP contribution is -2.46. The second-order valence-electron chi connectivity index (χ2n) is 7.89. The maximum atomic E-state index is 13.3. The van der Waals surface area contributed by atoms with E-state index in [0.29, 0.717) is 12.2 Å². The van der Waals surface area contributed by atoms with Crippen molar-refractivity contribution in [1.29, 1.82) is 0 Å². The number of ether oxygens (including phenoxy) is 1. The highest BCUT2D eigenvalue weighted by Gasteiger charge is 2.28. The standard InChI is InChI=1S/C23H31N3O4S/c1-30-22-10-6-5-7-18(22)15-16-26(31(28,29)21-8-3-2-4-9-21)17-23(27)25-20-13-11-19(24)12-14-20/h2-10,19-20H,11-17,24H2,1H3,(H,25,27). The molecule has 0 saturated heterocycles. The monoisotopic (exact) mass is 445 g/mol. The molecule has 1 saturated carbocycles. The zero-order valence-corrected chi connectivity index (χ0v) is 18.7. The number of para-hydroxylation sites is 1. The van der Waals surface area contributed by atoms with Crippen LogP contribution in [0.4, 0.5) is 0 Å². The van der Waals surface area contributed by atoms with Gasteiger partial charge in [-0.15, -0.1) is 0 Å². The Bertz CT molecular complexity index is 958. The van der Waals surface area contributed by atoms with Gasteiger partial charge in [0.2, 0.25) is 15.9 Å². The number of rotatable bonds is 9. The number of nitrogens with zero attached hydrogens (tertiary/aromatic N) is 1. The van der Waals surface area contributed by atoms with Gasteiger partial charge in [0.05, 0.1) is 18.6 Å². The van der Waals surface area contributed by atoms with Crippen molar-refractivity contribution in [1.82, 2.24) is 9.62 Å². The van der Waals surface area contributed by atoms with Crippen LogP contribution in [0.3, 0.4) is 0 Å². The van der Waals surface area contributed by atoms with Crippen LogP contribution in [0.15, 0.2) is 59.5 Å². The van der Waals surface area contributed by atoms with Crippen molar-refractivity contribution in [2.24, 2.45) is 5.73 Å². The predicted molar refractivity (Wildman–Crippen MR) is 120 cm³/mol. The quantitative estimate of drug-likeness (QED) is 0.617. The summed E-state index contributed by atoms with van der Waals surface area (Å²) < 4.78 is 33.2. The van der Waals surface area contributed by atoms with Crippen LogP contribution in [-0.4, -0.2) is 50.9 Å². The minimum absolute atomic E-state index is 0.0443. The molecule has 0 aromatic heterocycles. The van der Waals surface area contributed by atoms with Gasteiger partial charge in [-0.2, -0.15) is 4.31 Å². The number of amides is 1. The van der Waals surface area contributed by atoms with E-state index in [4.69, 9.17) is 10.5 Å². The van der Waals surface area contributed by atoms with Gasteiger partial charge in [0.1, 0.15) is 5.75 Å². The molecule has 1 aliphatic carbocycles. The first kappa shape index (κ1) is 23.2. The molecule has 1 fully saturated rings. The summed E-state index contributed by atoms with van der Waals surface area (Å²) in [5.74, 6) is 0.405. The van der Waals surface area contributed by atoms with E-state index in [1.54, 1.807) is 37.4 Å². The summed E-state index contributed by atoms with van der Waals surface area (Å²) in [6.45, 7) is -0.0600. The molecular weight excluding hydrogens is 414 g/mol. The zero-order valence-electron chi connectivity index (χ0n) is 17.9. The third-order valence-electron chi connectivity index (χ3n) is 5.66. The molecule has 2 aromatic rings. The maximum absolute atomic E-state index is 13.3. The van der Waals surface area contributed by atoms with E-state index in [1.807, 2.05) is 24.3 Å². The number of benzene rings is 2. The number of hydrogen-bond acceptors (Lipinski definition) is 5. The highest BCUT2D eigenvalue weighted by Crippen LogP contribution is 2.21. The van der Waals surface area contributed by atoms with Crippen molar-refractivity contribution < 1.29 is 17.9 Å². The SMILES string of the molecule is COc1ccccc1CCN(CC(=O)NC1CCC(N)CC1)S(=O)(=O)c1ccccc1. The molecule has 0 heterocycles. The Kier molecular flexibility index (Phi) is 8.06. The summed E-state index contributed by atoms with van der Waals surface area (Å²) in [5.41, 5.74) is 6.83. The fourth-order valence-electron chi connectivity index (χ4n) is 3.88. The van der Waals surface area contributed by atoms with Crippen molar-refractivity contribution in [3.63, 3.8) is 0 Å². The Morgan fingerprint density at radius 2 is 1.71 bits per heavy atom. The number of sulfonamides is 1. The molecule has 0 radical (unpaired) electrons. The third kappa shape index (κ3) is 6.29. The molecule has 8 heteroatoms.